The van der Waals surface area contributed by atoms with Crippen LogP contribution in [0.1, 0.15) is 37.8 Å². The second-order valence-corrected chi connectivity index (χ2v) is 5.73. The van der Waals surface area contributed by atoms with Gasteiger partial charge in [-0.2, -0.15) is 0 Å². The van der Waals surface area contributed by atoms with Crippen molar-refractivity contribution >= 4 is 0 Å². The molecule has 1 N–H and O–H groups in total. The zero-order valence-electron chi connectivity index (χ0n) is 13.6. The van der Waals surface area contributed by atoms with Gasteiger partial charge in [0.2, 0.25) is 0 Å². The summed E-state index contributed by atoms with van der Waals surface area (Å²) in [7, 11) is 3.47. The minimum absolute atomic E-state index is 0.259. The Morgan fingerprint density at radius 3 is 2.86 bits per heavy atom. The molecular weight excluding hydrogens is 266 g/mol. The average Bonchev–Trinajstić information content (AvgIpc) is 2.83. The van der Waals surface area contributed by atoms with Gasteiger partial charge < -0.3 is 19.5 Å². The quantitative estimate of drug-likeness (QED) is 0.800. The van der Waals surface area contributed by atoms with E-state index in [1.165, 1.54) is 5.56 Å². The largest absolute Gasteiger partial charge is 0.496 e. The summed E-state index contributed by atoms with van der Waals surface area (Å²) < 4.78 is 16.6. The van der Waals surface area contributed by atoms with Gasteiger partial charge in [-0.25, -0.2) is 0 Å². The Hall–Kier alpha value is -1.26. The van der Waals surface area contributed by atoms with Crippen LogP contribution < -0.4 is 14.8 Å². The van der Waals surface area contributed by atoms with Crippen molar-refractivity contribution in [1.82, 2.24) is 5.32 Å². The van der Waals surface area contributed by atoms with Crippen LogP contribution in [0.2, 0.25) is 0 Å². The molecule has 2 unspecified atom stereocenters. The number of benzene rings is 1. The van der Waals surface area contributed by atoms with E-state index in [9.17, 15) is 0 Å². The summed E-state index contributed by atoms with van der Waals surface area (Å²) in [5, 5.41) is 3.55. The number of fused-ring (bicyclic) bond motifs is 1. The number of rotatable bonds is 8. The van der Waals surface area contributed by atoms with E-state index < -0.39 is 0 Å². The van der Waals surface area contributed by atoms with Crippen LogP contribution in [0.3, 0.4) is 0 Å². The Morgan fingerprint density at radius 1 is 1.38 bits per heavy atom. The lowest BCUT2D eigenvalue weighted by Gasteiger charge is -2.18. The molecule has 0 fully saturated rings. The molecule has 1 aromatic carbocycles. The smallest absolute Gasteiger partial charge is 0.123 e. The van der Waals surface area contributed by atoms with Gasteiger partial charge in [0.05, 0.1) is 13.7 Å². The second-order valence-electron chi connectivity index (χ2n) is 5.73. The van der Waals surface area contributed by atoms with Gasteiger partial charge in [-0.05, 0) is 25.5 Å². The third kappa shape index (κ3) is 4.11. The van der Waals surface area contributed by atoms with Crippen LogP contribution in [0.25, 0.3) is 0 Å². The molecule has 1 aliphatic rings. The SMILES string of the molecule is CCCC(COC)NCc1cc2c(cc1OC)CC(C)O2. The maximum atomic E-state index is 5.84. The lowest BCUT2D eigenvalue weighted by molar-refractivity contribution is 0.161. The summed E-state index contributed by atoms with van der Waals surface area (Å²) in [6.45, 7) is 5.78. The number of hydrogen-bond donors (Lipinski definition) is 1. The van der Waals surface area contributed by atoms with E-state index in [2.05, 4.69) is 31.3 Å². The average molecular weight is 293 g/mol. The number of methoxy groups -OCH3 is 2. The molecule has 0 bridgehead atoms. The van der Waals surface area contributed by atoms with Gasteiger partial charge in [0, 0.05) is 37.2 Å². The molecule has 0 aliphatic carbocycles. The molecule has 0 aromatic heterocycles. The lowest BCUT2D eigenvalue weighted by Crippen LogP contribution is -2.32. The molecule has 0 radical (unpaired) electrons. The highest BCUT2D eigenvalue weighted by atomic mass is 16.5. The molecular formula is C17H27NO3. The first kappa shape index (κ1) is 16.1. The fourth-order valence-corrected chi connectivity index (χ4v) is 2.86. The third-order valence-corrected chi connectivity index (χ3v) is 3.89. The van der Waals surface area contributed by atoms with Crippen LogP contribution in [0.5, 0.6) is 11.5 Å². The first-order chi connectivity index (χ1) is 10.2. The van der Waals surface area contributed by atoms with E-state index in [1.807, 2.05) is 0 Å². The predicted molar refractivity (Wildman–Crippen MR) is 84.2 cm³/mol. The third-order valence-electron chi connectivity index (χ3n) is 3.89. The zero-order valence-corrected chi connectivity index (χ0v) is 13.6. The van der Waals surface area contributed by atoms with Crippen LogP contribution in [0, 0.1) is 0 Å². The van der Waals surface area contributed by atoms with Crippen LogP contribution in [0.4, 0.5) is 0 Å². The maximum Gasteiger partial charge on any atom is 0.123 e. The van der Waals surface area contributed by atoms with Crippen molar-refractivity contribution in [2.75, 3.05) is 20.8 Å². The van der Waals surface area contributed by atoms with Crippen molar-refractivity contribution in [2.45, 2.75) is 51.8 Å². The summed E-state index contributed by atoms with van der Waals surface area (Å²) in [4.78, 5) is 0. The Morgan fingerprint density at radius 2 is 2.19 bits per heavy atom. The molecule has 118 valence electrons. The van der Waals surface area contributed by atoms with Crippen molar-refractivity contribution in [2.24, 2.45) is 0 Å². The van der Waals surface area contributed by atoms with Crippen LogP contribution >= 0.6 is 0 Å². The molecule has 0 saturated carbocycles. The molecule has 4 nitrogen and oxygen atoms in total. The van der Waals surface area contributed by atoms with E-state index in [0.717, 1.165) is 49.5 Å². The maximum absolute atomic E-state index is 5.84. The highest BCUT2D eigenvalue weighted by Gasteiger charge is 2.21. The molecule has 1 aromatic rings. The van der Waals surface area contributed by atoms with E-state index >= 15 is 0 Å². The molecule has 0 spiro atoms. The van der Waals surface area contributed by atoms with Gasteiger partial charge in [0.15, 0.2) is 0 Å². The van der Waals surface area contributed by atoms with Gasteiger partial charge in [0.25, 0.3) is 0 Å². The Kier molecular flexibility index (Phi) is 5.88. The summed E-state index contributed by atoms with van der Waals surface area (Å²) in [6.07, 6.45) is 3.47. The topological polar surface area (TPSA) is 39.7 Å². The van der Waals surface area contributed by atoms with E-state index in [4.69, 9.17) is 14.2 Å². The number of nitrogens with one attached hydrogen (secondary N) is 1. The summed E-state index contributed by atoms with van der Waals surface area (Å²) in [6, 6.07) is 4.60. The van der Waals surface area contributed by atoms with Crippen LogP contribution in [-0.4, -0.2) is 33.0 Å². The number of hydrogen-bond acceptors (Lipinski definition) is 4. The molecule has 2 rings (SSSR count). The van der Waals surface area contributed by atoms with Gasteiger partial charge in [-0.15, -0.1) is 0 Å². The second kappa shape index (κ2) is 7.66. The summed E-state index contributed by atoms with van der Waals surface area (Å²) >= 11 is 0. The molecule has 4 heteroatoms. The Balaban J connectivity index is 2.07. The molecule has 2 atom stereocenters. The minimum Gasteiger partial charge on any atom is -0.496 e. The molecule has 1 aliphatic heterocycles. The fraction of sp³-hybridized carbons (Fsp3) is 0.647. The molecule has 1 heterocycles. The van der Waals surface area contributed by atoms with Crippen LogP contribution in [-0.2, 0) is 17.7 Å². The fourth-order valence-electron chi connectivity index (χ4n) is 2.86. The van der Waals surface area contributed by atoms with Crippen molar-refractivity contribution in [1.29, 1.82) is 0 Å². The highest BCUT2D eigenvalue weighted by Crippen LogP contribution is 2.34. The van der Waals surface area contributed by atoms with E-state index in [1.54, 1.807) is 14.2 Å². The summed E-state index contributed by atoms with van der Waals surface area (Å²) in [5.41, 5.74) is 2.38. The monoisotopic (exact) mass is 293 g/mol. The Labute approximate surface area is 127 Å². The zero-order chi connectivity index (χ0) is 15.2. The van der Waals surface area contributed by atoms with Crippen LogP contribution in [0.15, 0.2) is 12.1 Å². The normalized spacial score (nSPS) is 18.2. The van der Waals surface area contributed by atoms with Crippen molar-refractivity contribution in [3.8, 4) is 11.5 Å². The van der Waals surface area contributed by atoms with Gasteiger partial charge >= 0.3 is 0 Å². The van der Waals surface area contributed by atoms with Gasteiger partial charge in [-0.3, -0.25) is 0 Å². The number of ether oxygens (including phenoxy) is 3. The van der Waals surface area contributed by atoms with E-state index in [0.29, 0.717) is 6.04 Å². The minimum atomic E-state index is 0.259. The molecule has 21 heavy (non-hydrogen) atoms. The summed E-state index contributed by atoms with van der Waals surface area (Å²) in [5.74, 6) is 1.94. The first-order valence-electron chi connectivity index (χ1n) is 7.76. The van der Waals surface area contributed by atoms with Gasteiger partial charge in [-0.1, -0.05) is 13.3 Å². The standard InChI is InChI=1S/C17H27NO3/c1-5-6-15(11-19-3)18-10-14-9-17-13(7-12(2)21-17)8-16(14)20-4/h8-9,12,15,18H,5-7,10-11H2,1-4H3. The van der Waals surface area contributed by atoms with Crippen molar-refractivity contribution in [3.63, 3.8) is 0 Å². The predicted octanol–water partition coefficient (Wildman–Crippen LogP) is 2.92. The lowest BCUT2D eigenvalue weighted by atomic mass is 10.1. The molecule has 0 amide bonds. The van der Waals surface area contributed by atoms with Crippen molar-refractivity contribution < 1.29 is 14.2 Å². The van der Waals surface area contributed by atoms with Crippen molar-refractivity contribution in [3.05, 3.63) is 23.3 Å². The highest BCUT2D eigenvalue weighted by molar-refractivity contribution is 5.48. The molecule has 0 saturated heterocycles. The van der Waals surface area contributed by atoms with Gasteiger partial charge in [0.1, 0.15) is 17.6 Å². The first-order valence-corrected chi connectivity index (χ1v) is 7.76. The Bertz CT molecular complexity index is 456. The van der Waals surface area contributed by atoms with E-state index in [-0.39, 0.29) is 6.10 Å².